The van der Waals surface area contributed by atoms with Gasteiger partial charge < -0.3 is 4.74 Å². The van der Waals surface area contributed by atoms with E-state index in [0.717, 1.165) is 0 Å². The van der Waals surface area contributed by atoms with E-state index in [4.69, 9.17) is 4.74 Å². The molecule has 1 aromatic heterocycles. The predicted octanol–water partition coefficient (Wildman–Crippen LogP) is 0.820. The molecule has 10 heteroatoms. The molecule has 0 aliphatic carbocycles. The van der Waals surface area contributed by atoms with E-state index in [1.54, 1.807) is 6.92 Å². The molecule has 118 valence electrons. The van der Waals surface area contributed by atoms with Crippen molar-refractivity contribution >= 4 is 27.7 Å². The molecule has 8 nitrogen and oxygen atoms in total. The van der Waals surface area contributed by atoms with Crippen molar-refractivity contribution in [3.05, 3.63) is 5.82 Å². The zero-order valence-corrected chi connectivity index (χ0v) is 13.5. The lowest BCUT2D eigenvalue weighted by atomic mass is 10.4. The Morgan fingerprint density at radius 3 is 2.81 bits per heavy atom. The number of ether oxygens (including phenoxy) is 1. The summed E-state index contributed by atoms with van der Waals surface area (Å²) in [4.78, 5) is 11.6. The lowest BCUT2D eigenvalue weighted by Crippen LogP contribution is -2.26. The number of carbonyl (C=O) groups excluding carboxylic acids is 1. The molecule has 0 saturated carbocycles. The van der Waals surface area contributed by atoms with Crippen molar-refractivity contribution in [3.63, 3.8) is 0 Å². The summed E-state index contributed by atoms with van der Waals surface area (Å²) < 4.78 is 29.3. The number of hydrogen-bond acceptors (Lipinski definition) is 7. The van der Waals surface area contributed by atoms with Crippen molar-refractivity contribution in [2.75, 3.05) is 23.5 Å². The Balaban J connectivity index is 2.12. The zero-order valence-electron chi connectivity index (χ0n) is 11.9. The van der Waals surface area contributed by atoms with E-state index in [2.05, 4.69) is 15.6 Å². The van der Waals surface area contributed by atoms with Gasteiger partial charge in [0.25, 0.3) is 0 Å². The number of hydrogen-bond donors (Lipinski definition) is 1. The zero-order chi connectivity index (χ0) is 15.5. The van der Waals surface area contributed by atoms with Crippen molar-refractivity contribution in [2.45, 2.75) is 37.1 Å². The molecule has 1 atom stereocenters. The normalized spacial score (nSPS) is 20.4. The summed E-state index contributed by atoms with van der Waals surface area (Å²) in [5.41, 5.74) is 2.57. The van der Waals surface area contributed by atoms with Crippen LogP contribution in [0.2, 0.25) is 0 Å². The Bertz CT molecular complexity index is 614. The number of aromatic nitrogens is 3. The number of aryl methyl sites for hydroxylation is 1. The van der Waals surface area contributed by atoms with E-state index in [1.807, 2.05) is 6.92 Å². The standard InChI is InChI=1S/C11H18N4O4S2/c1-3-9-12-13-10(15(9)14-11(16)19-4-2)20-8-5-6-21(17,18)7-8/h8H,3-7H2,1-2H3,(H,14,16). The number of thioether (sulfide) groups is 1. The van der Waals surface area contributed by atoms with Gasteiger partial charge in [-0.05, 0) is 13.3 Å². The van der Waals surface area contributed by atoms with Crippen LogP contribution in [-0.4, -0.2) is 52.7 Å². The van der Waals surface area contributed by atoms with Crippen molar-refractivity contribution in [3.8, 4) is 0 Å². The lowest BCUT2D eigenvalue weighted by Gasteiger charge is -2.12. The van der Waals surface area contributed by atoms with Crippen LogP contribution in [-0.2, 0) is 21.0 Å². The van der Waals surface area contributed by atoms with Crippen LogP contribution in [0.1, 0.15) is 26.1 Å². The van der Waals surface area contributed by atoms with Crippen LogP contribution >= 0.6 is 11.8 Å². The summed E-state index contributed by atoms with van der Waals surface area (Å²) in [6.07, 6.45) is 0.580. The number of amides is 1. The fraction of sp³-hybridized carbons (Fsp3) is 0.727. The van der Waals surface area contributed by atoms with Gasteiger partial charge in [-0.3, -0.25) is 0 Å². The molecular formula is C11H18N4O4S2. The van der Waals surface area contributed by atoms with Gasteiger partial charge in [-0.15, -0.1) is 10.2 Å². The minimum Gasteiger partial charge on any atom is -0.449 e. The predicted molar refractivity (Wildman–Crippen MR) is 78.7 cm³/mol. The summed E-state index contributed by atoms with van der Waals surface area (Å²) in [6, 6.07) is 0. The van der Waals surface area contributed by atoms with Crippen molar-refractivity contribution in [2.24, 2.45) is 0 Å². The summed E-state index contributed by atoms with van der Waals surface area (Å²) in [7, 11) is -2.95. The van der Waals surface area contributed by atoms with Gasteiger partial charge in [0.15, 0.2) is 15.7 Å². The Kier molecular flexibility index (Phi) is 5.09. The molecule has 1 aliphatic rings. The Hall–Kier alpha value is -1.29. The Labute approximate surface area is 127 Å². The number of carbonyl (C=O) groups is 1. The van der Waals surface area contributed by atoms with E-state index in [1.165, 1.54) is 16.4 Å². The summed E-state index contributed by atoms with van der Waals surface area (Å²) >= 11 is 1.32. The molecule has 2 heterocycles. The molecule has 1 saturated heterocycles. The van der Waals surface area contributed by atoms with Gasteiger partial charge in [-0.25, -0.2) is 23.3 Å². The third-order valence-corrected chi connectivity index (χ3v) is 6.15. The Morgan fingerprint density at radius 1 is 1.48 bits per heavy atom. The third-order valence-electron chi connectivity index (χ3n) is 2.96. The maximum atomic E-state index is 11.6. The number of rotatable bonds is 5. The van der Waals surface area contributed by atoms with Crippen molar-refractivity contribution in [1.82, 2.24) is 14.9 Å². The van der Waals surface area contributed by atoms with Crippen LogP contribution in [0.4, 0.5) is 4.79 Å². The van der Waals surface area contributed by atoms with E-state index >= 15 is 0 Å². The smallest absolute Gasteiger partial charge is 0.426 e. The molecule has 21 heavy (non-hydrogen) atoms. The van der Waals surface area contributed by atoms with Crippen LogP contribution in [0.5, 0.6) is 0 Å². The molecular weight excluding hydrogens is 316 g/mol. The molecule has 1 amide bonds. The maximum absolute atomic E-state index is 11.6. The topological polar surface area (TPSA) is 103 Å². The van der Waals surface area contributed by atoms with Gasteiger partial charge in [-0.1, -0.05) is 18.7 Å². The van der Waals surface area contributed by atoms with E-state index < -0.39 is 15.9 Å². The molecule has 1 fully saturated rings. The summed E-state index contributed by atoms with van der Waals surface area (Å²) in [5, 5.41) is 8.43. The number of nitrogens with one attached hydrogen (secondary N) is 1. The highest BCUT2D eigenvalue weighted by Gasteiger charge is 2.30. The molecule has 0 spiro atoms. The van der Waals surface area contributed by atoms with Gasteiger partial charge >= 0.3 is 6.09 Å². The molecule has 0 aromatic carbocycles. The second-order valence-corrected chi connectivity index (χ2v) is 8.06. The first kappa shape index (κ1) is 16.1. The number of sulfone groups is 1. The highest BCUT2D eigenvalue weighted by molar-refractivity contribution is 8.01. The monoisotopic (exact) mass is 334 g/mol. The van der Waals surface area contributed by atoms with Gasteiger partial charge in [0.2, 0.25) is 5.16 Å². The molecule has 1 aromatic rings. The van der Waals surface area contributed by atoms with E-state index in [9.17, 15) is 13.2 Å². The Morgan fingerprint density at radius 2 is 2.24 bits per heavy atom. The first-order chi connectivity index (χ1) is 9.95. The maximum Gasteiger partial charge on any atom is 0.426 e. The molecule has 0 radical (unpaired) electrons. The summed E-state index contributed by atoms with van der Waals surface area (Å²) in [5.74, 6) is 0.919. The van der Waals surface area contributed by atoms with E-state index in [0.29, 0.717) is 23.8 Å². The molecule has 1 aliphatic heterocycles. The molecule has 2 rings (SSSR count). The van der Waals surface area contributed by atoms with Crippen LogP contribution in [0.25, 0.3) is 0 Å². The molecule has 1 N–H and O–H groups in total. The van der Waals surface area contributed by atoms with Crippen LogP contribution in [0, 0.1) is 0 Å². The van der Waals surface area contributed by atoms with E-state index in [-0.39, 0.29) is 23.4 Å². The third kappa shape index (κ3) is 4.10. The lowest BCUT2D eigenvalue weighted by molar-refractivity contribution is 0.163. The van der Waals surface area contributed by atoms with Crippen LogP contribution in [0.3, 0.4) is 0 Å². The van der Waals surface area contributed by atoms with Gasteiger partial charge in [0.05, 0.1) is 18.1 Å². The van der Waals surface area contributed by atoms with Crippen LogP contribution in [0.15, 0.2) is 5.16 Å². The van der Waals surface area contributed by atoms with Crippen molar-refractivity contribution < 1.29 is 17.9 Å². The first-order valence-electron chi connectivity index (χ1n) is 6.70. The van der Waals surface area contributed by atoms with Crippen molar-refractivity contribution in [1.29, 1.82) is 0 Å². The molecule has 0 bridgehead atoms. The minimum absolute atomic E-state index is 0.0633. The second-order valence-electron chi connectivity index (χ2n) is 4.56. The highest BCUT2D eigenvalue weighted by atomic mass is 32.2. The highest BCUT2D eigenvalue weighted by Crippen LogP contribution is 2.29. The van der Waals surface area contributed by atoms with Gasteiger partial charge in [0, 0.05) is 11.7 Å². The fourth-order valence-electron chi connectivity index (χ4n) is 1.98. The second kappa shape index (κ2) is 6.65. The van der Waals surface area contributed by atoms with Gasteiger partial charge in [-0.2, -0.15) is 0 Å². The SMILES string of the molecule is CCOC(=O)Nn1c(CC)nnc1SC1CCS(=O)(=O)C1. The average Bonchev–Trinajstić information content (AvgIpc) is 2.94. The average molecular weight is 334 g/mol. The number of nitrogens with zero attached hydrogens (tertiary/aromatic N) is 3. The van der Waals surface area contributed by atoms with Crippen LogP contribution < -0.4 is 5.43 Å². The first-order valence-corrected chi connectivity index (χ1v) is 9.40. The minimum atomic E-state index is -2.95. The van der Waals surface area contributed by atoms with Gasteiger partial charge in [0.1, 0.15) is 0 Å². The largest absolute Gasteiger partial charge is 0.449 e. The molecule has 1 unspecified atom stereocenters. The quantitative estimate of drug-likeness (QED) is 0.850. The fourth-order valence-corrected chi connectivity index (χ4v) is 5.44. The summed E-state index contributed by atoms with van der Waals surface area (Å²) in [6.45, 7) is 3.87.